The van der Waals surface area contributed by atoms with Gasteiger partial charge in [0, 0.05) is 18.7 Å². The normalized spacial score (nSPS) is 17.1. The first-order valence-corrected chi connectivity index (χ1v) is 6.07. The minimum absolute atomic E-state index is 0.648. The summed E-state index contributed by atoms with van der Waals surface area (Å²) in [6, 6.07) is 12.8. The molecular weight excluding hydrogens is 208 g/mol. The van der Waals surface area contributed by atoms with Crippen LogP contribution in [0.15, 0.2) is 42.6 Å². The van der Waals surface area contributed by atoms with E-state index in [1.54, 1.807) is 0 Å². The summed E-state index contributed by atoms with van der Waals surface area (Å²) in [6.07, 6.45) is 3.09. The van der Waals surface area contributed by atoms with Crippen LogP contribution in [0.2, 0.25) is 0 Å². The Labute approximate surface area is 102 Å². The van der Waals surface area contributed by atoms with E-state index in [1.807, 2.05) is 12.3 Å². The molecule has 2 nitrogen and oxygen atoms in total. The van der Waals surface area contributed by atoms with Gasteiger partial charge in [0.15, 0.2) is 0 Å². The van der Waals surface area contributed by atoms with Gasteiger partial charge in [0.2, 0.25) is 0 Å². The lowest BCUT2D eigenvalue weighted by molar-refractivity contribution is 0.634. The predicted octanol–water partition coefficient (Wildman–Crippen LogP) is 3.14. The molecule has 0 fully saturated rings. The summed E-state index contributed by atoms with van der Waals surface area (Å²) in [4.78, 5) is 4.35. The highest BCUT2D eigenvalue weighted by Crippen LogP contribution is 2.34. The van der Waals surface area contributed by atoms with Crippen molar-refractivity contribution in [2.24, 2.45) is 0 Å². The number of aromatic nitrogens is 1. The van der Waals surface area contributed by atoms with E-state index in [1.165, 1.54) is 23.1 Å². The quantitative estimate of drug-likeness (QED) is 0.866. The lowest BCUT2D eigenvalue weighted by Gasteiger charge is -2.30. The molecule has 0 radical (unpaired) electrons. The second-order valence-electron chi connectivity index (χ2n) is 4.70. The molecule has 1 aliphatic carbocycles. The van der Waals surface area contributed by atoms with Crippen LogP contribution in [0.25, 0.3) is 0 Å². The molecule has 86 valence electrons. The Morgan fingerprint density at radius 3 is 2.88 bits per heavy atom. The van der Waals surface area contributed by atoms with Crippen LogP contribution >= 0.6 is 0 Å². The Morgan fingerprint density at radius 2 is 2.12 bits per heavy atom. The maximum atomic E-state index is 4.35. The summed E-state index contributed by atoms with van der Waals surface area (Å²) in [5, 5.41) is 3.40. The molecule has 3 rings (SSSR count). The first-order chi connectivity index (χ1) is 8.33. The molecular formula is C15H16N2. The minimum atomic E-state index is 0.648. The third kappa shape index (κ3) is 2.03. The number of rotatable bonds is 3. The van der Waals surface area contributed by atoms with E-state index >= 15 is 0 Å². The van der Waals surface area contributed by atoms with E-state index in [-0.39, 0.29) is 0 Å². The van der Waals surface area contributed by atoms with Gasteiger partial charge in [0.05, 0.1) is 0 Å². The first-order valence-electron chi connectivity index (χ1n) is 6.07. The number of fused-ring (bicyclic) bond motifs is 1. The maximum Gasteiger partial charge on any atom is 0.125 e. The number of aryl methyl sites for hydroxylation is 1. The summed E-state index contributed by atoms with van der Waals surface area (Å²) in [7, 11) is 0. The van der Waals surface area contributed by atoms with Gasteiger partial charge in [-0.05, 0) is 36.1 Å². The SMILES string of the molecule is Cc1ccc(NCC2Cc3ccccc32)nc1. The number of hydrogen-bond acceptors (Lipinski definition) is 2. The molecule has 1 heterocycles. The molecule has 1 aromatic heterocycles. The third-order valence-corrected chi connectivity index (χ3v) is 3.40. The molecule has 2 aromatic rings. The zero-order valence-electron chi connectivity index (χ0n) is 9.98. The van der Waals surface area contributed by atoms with Crippen molar-refractivity contribution in [3.8, 4) is 0 Å². The van der Waals surface area contributed by atoms with Crippen LogP contribution in [0.1, 0.15) is 22.6 Å². The lowest BCUT2D eigenvalue weighted by atomic mass is 9.77. The summed E-state index contributed by atoms with van der Waals surface area (Å²) in [5.74, 6) is 1.62. The Balaban J connectivity index is 1.62. The van der Waals surface area contributed by atoms with Gasteiger partial charge in [-0.15, -0.1) is 0 Å². The molecule has 1 unspecified atom stereocenters. The number of pyridine rings is 1. The highest BCUT2D eigenvalue weighted by molar-refractivity contribution is 5.43. The van der Waals surface area contributed by atoms with Gasteiger partial charge in [0.1, 0.15) is 5.82 Å². The first kappa shape index (κ1) is 10.3. The fraction of sp³-hybridized carbons (Fsp3) is 0.267. The largest absolute Gasteiger partial charge is 0.369 e. The van der Waals surface area contributed by atoms with E-state index in [4.69, 9.17) is 0 Å². The monoisotopic (exact) mass is 224 g/mol. The lowest BCUT2D eigenvalue weighted by Crippen LogP contribution is -2.24. The molecule has 1 aromatic carbocycles. The van der Waals surface area contributed by atoms with E-state index in [0.717, 1.165) is 12.4 Å². The summed E-state index contributed by atoms with van der Waals surface area (Å²) >= 11 is 0. The van der Waals surface area contributed by atoms with E-state index in [9.17, 15) is 0 Å². The number of benzene rings is 1. The van der Waals surface area contributed by atoms with Crippen LogP contribution in [0.5, 0.6) is 0 Å². The highest BCUT2D eigenvalue weighted by atomic mass is 15.0. The summed E-state index contributed by atoms with van der Waals surface area (Å²) in [5.41, 5.74) is 4.19. The zero-order chi connectivity index (χ0) is 11.7. The predicted molar refractivity (Wildman–Crippen MR) is 70.4 cm³/mol. The van der Waals surface area contributed by atoms with E-state index in [0.29, 0.717) is 5.92 Å². The van der Waals surface area contributed by atoms with Crippen molar-refractivity contribution in [1.29, 1.82) is 0 Å². The molecule has 2 heteroatoms. The van der Waals surface area contributed by atoms with Crippen LogP contribution in [0.4, 0.5) is 5.82 Å². The van der Waals surface area contributed by atoms with Crippen molar-refractivity contribution >= 4 is 5.82 Å². The van der Waals surface area contributed by atoms with Crippen molar-refractivity contribution < 1.29 is 0 Å². The smallest absolute Gasteiger partial charge is 0.125 e. The van der Waals surface area contributed by atoms with Crippen LogP contribution in [-0.4, -0.2) is 11.5 Å². The molecule has 0 saturated carbocycles. The van der Waals surface area contributed by atoms with Gasteiger partial charge in [-0.3, -0.25) is 0 Å². The number of anilines is 1. The van der Waals surface area contributed by atoms with Crippen LogP contribution in [0.3, 0.4) is 0 Å². The van der Waals surface area contributed by atoms with Crippen LogP contribution in [0, 0.1) is 6.92 Å². The molecule has 0 aliphatic heterocycles. The average molecular weight is 224 g/mol. The standard InChI is InChI=1S/C15H16N2/c1-11-6-7-15(16-9-11)17-10-13-8-12-4-2-3-5-14(12)13/h2-7,9,13H,8,10H2,1H3,(H,16,17). The van der Waals surface area contributed by atoms with Crippen LogP contribution < -0.4 is 5.32 Å². The van der Waals surface area contributed by atoms with Crippen molar-refractivity contribution in [2.75, 3.05) is 11.9 Å². The topological polar surface area (TPSA) is 24.9 Å². The fourth-order valence-corrected chi connectivity index (χ4v) is 2.34. The Hall–Kier alpha value is -1.83. The second-order valence-corrected chi connectivity index (χ2v) is 4.70. The molecule has 1 atom stereocenters. The molecule has 0 amide bonds. The molecule has 1 N–H and O–H groups in total. The second kappa shape index (κ2) is 4.21. The van der Waals surface area contributed by atoms with Crippen molar-refractivity contribution in [1.82, 2.24) is 4.98 Å². The van der Waals surface area contributed by atoms with E-state index in [2.05, 4.69) is 47.6 Å². The van der Waals surface area contributed by atoms with Gasteiger partial charge in [-0.1, -0.05) is 30.3 Å². The third-order valence-electron chi connectivity index (χ3n) is 3.40. The van der Waals surface area contributed by atoms with Gasteiger partial charge >= 0.3 is 0 Å². The molecule has 1 aliphatic rings. The van der Waals surface area contributed by atoms with Crippen molar-refractivity contribution in [3.63, 3.8) is 0 Å². The summed E-state index contributed by atoms with van der Waals surface area (Å²) in [6.45, 7) is 3.03. The van der Waals surface area contributed by atoms with Crippen LogP contribution in [-0.2, 0) is 6.42 Å². The van der Waals surface area contributed by atoms with Gasteiger partial charge in [-0.2, -0.15) is 0 Å². The molecule has 17 heavy (non-hydrogen) atoms. The zero-order valence-corrected chi connectivity index (χ0v) is 9.98. The average Bonchev–Trinajstić information content (AvgIpc) is 2.33. The van der Waals surface area contributed by atoms with Gasteiger partial charge < -0.3 is 5.32 Å². The van der Waals surface area contributed by atoms with Gasteiger partial charge in [-0.25, -0.2) is 4.98 Å². The molecule has 0 saturated heterocycles. The fourth-order valence-electron chi connectivity index (χ4n) is 2.34. The maximum absolute atomic E-state index is 4.35. The van der Waals surface area contributed by atoms with Gasteiger partial charge in [0.25, 0.3) is 0 Å². The number of nitrogens with one attached hydrogen (secondary N) is 1. The van der Waals surface area contributed by atoms with Crippen molar-refractivity contribution in [2.45, 2.75) is 19.3 Å². The molecule has 0 spiro atoms. The number of nitrogens with zero attached hydrogens (tertiary/aromatic N) is 1. The Bertz CT molecular complexity index is 517. The van der Waals surface area contributed by atoms with E-state index < -0.39 is 0 Å². The highest BCUT2D eigenvalue weighted by Gasteiger charge is 2.24. The number of hydrogen-bond donors (Lipinski definition) is 1. The van der Waals surface area contributed by atoms with Crippen molar-refractivity contribution in [3.05, 3.63) is 59.3 Å². The summed E-state index contributed by atoms with van der Waals surface area (Å²) < 4.78 is 0. The molecule has 0 bridgehead atoms. The Morgan fingerprint density at radius 1 is 1.24 bits per heavy atom. The Kier molecular flexibility index (Phi) is 2.56. The minimum Gasteiger partial charge on any atom is -0.369 e.